The molecule has 2 N–H and O–H groups in total. The summed E-state index contributed by atoms with van der Waals surface area (Å²) in [7, 11) is 2.79. The van der Waals surface area contributed by atoms with Crippen molar-refractivity contribution in [2.45, 2.75) is 6.92 Å². The van der Waals surface area contributed by atoms with E-state index in [0.717, 1.165) is 9.25 Å². The summed E-state index contributed by atoms with van der Waals surface area (Å²) in [5.74, 6) is -1.03. The fraction of sp³-hybridized carbons (Fsp3) is 0.231. The number of carbonyl (C=O) groups is 1. The summed E-state index contributed by atoms with van der Waals surface area (Å²) in [4.78, 5) is 34.4. The largest absolute Gasteiger partial charge is 0.478 e. The third kappa shape index (κ3) is 2.69. The van der Waals surface area contributed by atoms with Crippen LogP contribution in [0.3, 0.4) is 0 Å². The number of benzene rings is 1. The van der Waals surface area contributed by atoms with Crippen LogP contribution in [-0.2, 0) is 14.1 Å². The second-order valence-corrected chi connectivity index (χ2v) is 4.58. The summed E-state index contributed by atoms with van der Waals surface area (Å²) < 4.78 is 1.98. The molecular formula is C13H14N4O4. The Kier molecular flexibility index (Phi) is 3.62. The molecule has 0 saturated carbocycles. The van der Waals surface area contributed by atoms with Crippen LogP contribution >= 0.6 is 0 Å². The van der Waals surface area contributed by atoms with E-state index in [1.165, 1.54) is 26.2 Å². The number of hydrogen-bond acceptors (Lipinski definition) is 5. The third-order valence-corrected chi connectivity index (χ3v) is 3.04. The van der Waals surface area contributed by atoms with Gasteiger partial charge in [-0.25, -0.2) is 14.3 Å². The summed E-state index contributed by atoms with van der Waals surface area (Å²) in [6.07, 6.45) is 0. The monoisotopic (exact) mass is 290 g/mol. The molecule has 21 heavy (non-hydrogen) atoms. The second kappa shape index (κ2) is 5.23. The maximum atomic E-state index is 11.9. The van der Waals surface area contributed by atoms with Crippen molar-refractivity contribution in [2.75, 3.05) is 5.32 Å². The van der Waals surface area contributed by atoms with Gasteiger partial charge >= 0.3 is 11.7 Å². The van der Waals surface area contributed by atoms with Crippen molar-refractivity contribution in [2.24, 2.45) is 14.1 Å². The standard InChI is InChI=1S/C13H14N4O4/c1-7-6-8(4-5-9(7)12(19)20)14-10-11(18)16(2)13(21)17(3)15-10/h4-6H,1-3H3,(H,14,15)(H,19,20). The topological polar surface area (TPSA) is 106 Å². The van der Waals surface area contributed by atoms with E-state index < -0.39 is 17.2 Å². The Labute approximate surface area is 119 Å². The highest BCUT2D eigenvalue weighted by molar-refractivity contribution is 5.90. The second-order valence-electron chi connectivity index (χ2n) is 4.58. The van der Waals surface area contributed by atoms with Gasteiger partial charge in [0.05, 0.1) is 5.56 Å². The zero-order valence-electron chi connectivity index (χ0n) is 11.7. The minimum absolute atomic E-state index is 0.0120. The molecule has 8 nitrogen and oxygen atoms in total. The first-order valence-electron chi connectivity index (χ1n) is 6.06. The quantitative estimate of drug-likeness (QED) is 0.838. The zero-order valence-corrected chi connectivity index (χ0v) is 11.7. The predicted octanol–water partition coefficient (Wildman–Crippen LogP) is 0.229. The van der Waals surface area contributed by atoms with Gasteiger partial charge in [-0.05, 0) is 30.7 Å². The molecule has 1 heterocycles. The predicted molar refractivity (Wildman–Crippen MR) is 76.1 cm³/mol. The van der Waals surface area contributed by atoms with Gasteiger partial charge in [0.2, 0.25) is 5.82 Å². The highest BCUT2D eigenvalue weighted by Gasteiger charge is 2.11. The molecule has 0 aliphatic heterocycles. The van der Waals surface area contributed by atoms with E-state index in [1.807, 2.05) is 0 Å². The van der Waals surface area contributed by atoms with Crippen molar-refractivity contribution in [1.29, 1.82) is 0 Å². The molecule has 1 aromatic heterocycles. The Balaban J connectivity index is 2.44. The number of aromatic carboxylic acids is 1. The molecular weight excluding hydrogens is 276 g/mol. The van der Waals surface area contributed by atoms with Gasteiger partial charge in [-0.15, -0.1) is 5.10 Å². The Bertz CT molecular complexity index is 835. The minimum atomic E-state index is -1.02. The number of nitrogens with one attached hydrogen (secondary N) is 1. The smallest absolute Gasteiger partial charge is 0.346 e. The molecule has 0 radical (unpaired) electrons. The number of aryl methyl sites for hydroxylation is 2. The van der Waals surface area contributed by atoms with Gasteiger partial charge in [-0.2, -0.15) is 0 Å². The normalized spacial score (nSPS) is 10.4. The number of rotatable bonds is 3. The van der Waals surface area contributed by atoms with Crippen LogP contribution in [0, 0.1) is 6.92 Å². The van der Waals surface area contributed by atoms with Crippen LogP contribution in [0.4, 0.5) is 11.5 Å². The Hall–Kier alpha value is -2.90. The lowest BCUT2D eigenvalue weighted by Gasteiger charge is -2.09. The van der Waals surface area contributed by atoms with Crippen molar-refractivity contribution in [3.63, 3.8) is 0 Å². The van der Waals surface area contributed by atoms with Crippen LogP contribution in [0.2, 0.25) is 0 Å². The number of anilines is 2. The lowest BCUT2D eigenvalue weighted by molar-refractivity contribution is 0.0696. The molecule has 110 valence electrons. The summed E-state index contributed by atoms with van der Waals surface area (Å²) >= 11 is 0. The molecule has 0 atom stereocenters. The van der Waals surface area contributed by atoms with Crippen LogP contribution in [0.1, 0.15) is 15.9 Å². The van der Waals surface area contributed by atoms with Crippen LogP contribution < -0.4 is 16.6 Å². The number of carboxylic acid groups (broad SMARTS) is 1. The van der Waals surface area contributed by atoms with Crippen LogP contribution in [-0.4, -0.2) is 25.4 Å². The highest BCUT2D eigenvalue weighted by atomic mass is 16.4. The van der Waals surface area contributed by atoms with Gasteiger partial charge in [0.1, 0.15) is 0 Å². The van der Waals surface area contributed by atoms with Crippen molar-refractivity contribution in [3.05, 3.63) is 50.2 Å². The molecule has 0 aliphatic rings. The third-order valence-electron chi connectivity index (χ3n) is 3.04. The molecule has 0 bridgehead atoms. The maximum absolute atomic E-state index is 11.9. The zero-order chi connectivity index (χ0) is 15.7. The highest BCUT2D eigenvalue weighted by Crippen LogP contribution is 2.17. The van der Waals surface area contributed by atoms with E-state index in [9.17, 15) is 14.4 Å². The molecule has 2 aromatic rings. The fourth-order valence-electron chi connectivity index (χ4n) is 1.89. The minimum Gasteiger partial charge on any atom is -0.478 e. The molecule has 8 heteroatoms. The summed E-state index contributed by atoms with van der Waals surface area (Å²) in [6.45, 7) is 1.65. The van der Waals surface area contributed by atoms with Gasteiger partial charge in [0, 0.05) is 19.8 Å². The average Bonchev–Trinajstić information content (AvgIpc) is 2.42. The number of hydrogen-bond donors (Lipinski definition) is 2. The first kappa shape index (κ1) is 14.5. The number of aromatic nitrogens is 3. The van der Waals surface area contributed by atoms with Gasteiger partial charge in [0.25, 0.3) is 5.56 Å². The Morgan fingerprint density at radius 3 is 2.52 bits per heavy atom. The molecule has 0 aliphatic carbocycles. The van der Waals surface area contributed by atoms with Gasteiger partial charge in [0.15, 0.2) is 0 Å². The van der Waals surface area contributed by atoms with Gasteiger partial charge < -0.3 is 10.4 Å². The first-order chi connectivity index (χ1) is 9.81. The molecule has 1 aromatic carbocycles. The molecule has 0 spiro atoms. The van der Waals surface area contributed by atoms with Gasteiger partial charge in [-0.3, -0.25) is 9.36 Å². The number of nitrogens with zero attached hydrogens (tertiary/aromatic N) is 3. The van der Waals surface area contributed by atoms with Gasteiger partial charge in [-0.1, -0.05) is 0 Å². The van der Waals surface area contributed by atoms with Crippen molar-refractivity contribution in [1.82, 2.24) is 14.3 Å². The van der Waals surface area contributed by atoms with E-state index in [4.69, 9.17) is 5.11 Å². The van der Waals surface area contributed by atoms with Crippen LogP contribution in [0.5, 0.6) is 0 Å². The van der Waals surface area contributed by atoms with Crippen molar-refractivity contribution < 1.29 is 9.90 Å². The van der Waals surface area contributed by atoms with Crippen molar-refractivity contribution in [3.8, 4) is 0 Å². The Morgan fingerprint density at radius 2 is 1.95 bits per heavy atom. The summed E-state index contributed by atoms with van der Waals surface area (Å²) in [5.41, 5.74) is 0.165. The summed E-state index contributed by atoms with van der Waals surface area (Å²) in [6, 6.07) is 4.56. The molecule has 0 amide bonds. The van der Waals surface area contributed by atoms with E-state index in [-0.39, 0.29) is 11.4 Å². The fourth-order valence-corrected chi connectivity index (χ4v) is 1.89. The van der Waals surface area contributed by atoms with E-state index >= 15 is 0 Å². The molecule has 2 rings (SSSR count). The Morgan fingerprint density at radius 1 is 1.29 bits per heavy atom. The van der Waals surface area contributed by atoms with E-state index in [0.29, 0.717) is 11.3 Å². The molecule has 0 saturated heterocycles. The van der Waals surface area contributed by atoms with E-state index in [2.05, 4.69) is 10.4 Å². The van der Waals surface area contributed by atoms with Crippen molar-refractivity contribution >= 4 is 17.5 Å². The maximum Gasteiger partial charge on any atom is 0.346 e. The van der Waals surface area contributed by atoms with Crippen LogP contribution in [0.25, 0.3) is 0 Å². The van der Waals surface area contributed by atoms with Crippen LogP contribution in [0.15, 0.2) is 27.8 Å². The first-order valence-corrected chi connectivity index (χ1v) is 6.06. The molecule has 0 unspecified atom stereocenters. The lowest BCUT2D eigenvalue weighted by atomic mass is 10.1. The van der Waals surface area contributed by atoms with E-state index in [1.54, 1.807) is 13.0 Å². The summed E-state index contributed by atoms with van der Waals surface area (Å²) in [5, 5.41) is 15.6. The SMILES string of the molecule is Cc1cc(Nc2nn(C)c(=O)n(C)c2=O)ccc1C(=O)O. The average molecular weight is 290 g/mol. The number of carboxylic acids is 1. The lowest BCUT2D eigenvalue weighted by Crippen LogP contribution is -2.39. The molecule has 0 fully saturated rings.